The molecule has 2 aliphatic heterocycles. The number of aromatic nitrogens is 2. The minimum absolute atomic E-state index is 0.649. The molecule has 3 heterocycles. The van der Waals surface area contributed by atoms with Crippen molar-refractivity contribution >= 4 is 5.82 Å². The highest BCUT2D eigenvalue weighted by atomic mass is 15.3. The van der Waals surface area contributed by atoms with Crippen LogP contribution in [0.5, 0.6) is 0 Å². The Kier molecular flexibility index (Phi) is 2.09. The normalized spacial score (nSPS) is 29.5. The molecular weight excluding hydrogens is 188 g/mol. The van der Waals surface area contributed by atoms with Gasteiger partial charge in [-0.25, -0.2) is 4.98 Å². The number of piperidine rings is 1. The molecule has 15 heavy (non-hydrogen) atoms. The van der Waals surface area contributed by atoms with Crippen molar-refractivity contribution in [3.05, 3.63) is 18.1 Å². The van der Waals surface area contributed by atoms with Crippen LogP contribution < -0.4 is 10.2 Å². The van der Waals surface area contributed by atoms with E-state index in [-0.39, 0.29) is 0 Å². The van der Waals surface area contributed by atoms with Gasteiger partial charge < -0.3 is 10.2 Å². The van der Waals surface area contributed by atoms with Crippen molar-refractivity contribution in [2.75, 3.05) is 24.5 Å². The van der Waals surface area contributed by atoms with Crippen LogP contribution >= 0.6 is 0 Å². The van der Waals surface area contributed by atoms with Crippen LogP contribution in [0.4, 0.5) is 5.82 Å². The summed E-state index contributed by atoms with van der Waals surface area (Å²) in [6, 6.07) is 0.649. The predicted octanol–water partition coefficient (Wildman–Crippen LogP) is 0.583. The van der Waals surface area contributed by atoms with Crippen LogP contribution in [0, 0.1) is 12.8 Å². The SMILES string of the molecule is Cc1cnc(N2CC3CCNCC32)cn1. The minimum atomic E-state index is 0.649. The van der Waals surface area contributed by atoms with Crippen molar-refractivity contribution in [2.45, 2.75) is 19.4 Å². The van der Waals surface area contributed by atoms with E-state index in [1.807, 2.05) is 19.3 Å². The Morgan fingerprint density at radius 3 is 3.07 bits per heavy atom. The lowest BCUT2D eigenvalue weighted by atomic mass is 9.83. The molecule has 0 saturated carbocycles. The molecule has 2 unspecified atom stereocenters. The van der Waals surface area contributed by atoms with E-state index in [4.69, 9.17) is 0 Å². The van der Waals surface area contributed by atoms with Crippen LogP contribution in [0.2, 0.25) is 0 Å². The first kappa shape index (κ1) is 9.09. The molecule has 2 aliphatic rings. The molecule has 0 aliphatic carbocycles. The van der Waals surface area contributed by atoms with E-state index in [9.17, 15) is 0 Å². The number of hydrogen-bond donors (Lipinski definition) is 1. The second-order valence-corrected chi connectivity index (χ2v) is 4.49. The molecule has 1 N–H and O–H groups in total. The molecule has 2 saturated heterocycles. The Labute approximate surface area is 89.7 Å². The third-order valence-electron chi connectivity index (χ3n) is 3.48. The van der Waals surface area contributed by atoms with Crippen LogP contribution in [0.25, 0.3) is 0 Å². The Morgan fingerprint density at radius 2 is 2.33 bits per heavy atom. The first-order valence-electron chi connectivity index (χ1n) is 5.60. The van der Waals surface area contributed by atoms with Crippen LogP contribution in [0.3, 0.4) is 0 Å². The summed E-state index contributed by atoms with van der Waals surface area (Å²) in [5.41, 5.74) is 0.984. The highest BCUT2D eigenvalue weighted by Crippen LogP contribution is 2.32. The molecule has 0 spiro atoms. The molecule has 4 heteroatoms. The largest absolute Gasteiger partial charge is 0.350 e. The number of nitrogens with one attached hydrogen (secondary N) is 1. The number of nitrogens with zero attached hydrogens (tertiary/aromatic N) is 3. The molecular formula is C11H16N4. The van der Waals surface area contributed by atoms with Crippen LogP contribution in [0.1, 0.15) is 12.1 Å². The van der Waals surface area contributed by atoms with Crippen molar-refractivity contribution in [1.29, 1.82) is 0 Å². The number of aryl methyl sites for hydroxylation is 1. The van der Waals surface area contributed by atoms with Crippen LogP contribution in [-0.2, 0) is 0 Å². The summed E-state index contributed by atoms with van der Waals surface area (Å²) in [5.74, 6) is 1.90. The maximum absolute atomic E-state index is 4.43. The number of hydrogen-bond acceptors (Lipinski definition) is 4. The van der Waals surface area contributed by atoms with Crippen molar-refractivity contribution in [3.63, 3.8) is 0 Å². The summed E-state index contributed by atoms with van der Waals surface area (Å²) in [6.45, 7) is 5.40. The smallest absolute Gasteiger partial charge is 0.147 e. The van der Waals surface area contributed by atoms with E-state index >= 15 is 0 Å². The summed E-state index contributed by atoms with van der Waals surface area (Å²) in [4.78, 5) is 11.1. The van der Waals surface area contributed by atoms with E-state index in [0.29, 0.717) is 6.04 Å². The lowest BCUT2D eigenvalue weighted by Gasteiger charge is -2.51. The van der Waals surface area contributed by atoms with E-state index < -0.39 is 0 Å². The van der Waals surface area contributed by atoms with Crippen molar-refractivity contribution < 1.29 is 0 Å². The van der Waals surface area contributed by atoms with E-state index in [1.54, 1.807) is 0 Å². The zero-order valence-corrected chi connectivity index (χ0v) is 8.98. The van der Waals surface area contributed by atoms with Gasteiger partial charge in [-0.05, 0) is 25.8 Å². The lowest BCUT2D eigenvalue weighted by molar-refractivity contribution is 0.227. The third kappa shape index (κ3) is 1.49. The Morgan fingerprint density at radius 1 is 1.40 bits per heavy atom. The van der Waals surface area contributed by atoms with E-state index in [0.717, 1.165) is 30.5 Å². The Hall–Kier alpha value is -1.16. The molecule has 0 aromatic carbocycles. The number of anilines is 1. The molecule has 0 radical (unpaired) electrons. The highest BCUT2D eigenvalue weighted by Gasteiger charge is 2.40. The van der Waals surface area contributed by atoms with Gasteiger partial charge in [0.25, 0.3) is 0 Å². The minimum Gasteiger partial charge on any atom is -0.350 e. The fourth-order valence-corrected chi connectivity index (χ4v) is 2.52. The quantitative estimate of drug-likeness (QED) is 0.726. The molecule has 3 rings (SSSR count). The van der Waals surface area contributed by atoms with Gasteiger partial charge in [-0.3, -0.25) is 4.98 Å². The molecule has 4 nitrogen and oxygen atoms in total. The highest BCUT2D eigenvalue weighted by molar-refractivity contribution is 5.42. The van der Waals surface area contributed by atoms with Crippen LogP contribution in [-0.4, -0.2) is 35.6 Å². The summed E-state index contributed by atoms with van der Waals surface area (Å²) in [5, 5.41) is 3.44. The summed E-state index contributed by atoms with van der Waals surface area (Å²) in [7, 11) is 0. The fourth-order valence-electron chi connectivity index (χ4n) is 2.52. The standard InChI is InChI=1S/C11H16N4/c1-8-4-14-11(6-13-8)15-7-9-2-3-12-5-10(9)15/h4,6,9-10,12H,2-3,5,7H2,1H3. The van der Waals surface area contributed by atoms with Gasteiger partial charge in [0, 0.05) is 19.1 Å². The molecule has 0 amide bonds. The number of fused-ring (bicyclic) bond motifs is 1. The average Bonchev–Trinajstić information content (AvgIpc) is 2.23. The van der Waals surface area contributed by atoms with E-state index in [1.165, 1.54) is 13.0 Å². The Bertz CT molecular complexity index is 348. The molecule has 2 fully saturated rings. The van der Waals surface area contributed by atoms with Gasteiger partial charge in [-0.1, -0.05) is 0 Å². The van der Waals surface area contributed by atoms with Crippen molar-refractivity contribution in [2.24, 2.45) is 5.92 Å². The molecule has 1 aromatic rings. The monoisotopic (exact) mass is 204 g/mol. The maximum Gasteiger partial charge on any atom is 0.147 e. The summed E-state index contributed by atoms with van der Waals surface area (Å²) < 4.78 is 0. The first-order valence-corrected chi connectivity index (χ1v) is 5.60. The predicted molar refractivity (Wildman–Crippen MR) is 58.9 cm³/mol. The van der Waals surface area contributed by atoms with Gasteiger partial charge in [-0.2, -0.15) is 0 Å². The third-order valence-corrected chi connectivity index (χ3v) is 3.48. The maximum atomic E-state index is 4.43. The van der Waals surface area contributed by atoms with Gasteiger partial charge in [0.2, 0.25) is 0 Å². The summed E-state index contributed by atoms with van der Waals surface area (Å²) >= 11 is 0. The molecule has 0 bridgehead atoms. The van der Waals surface area contributed by atoms with Gasteiger partial charge in [-0.15, -0.1) is 0 Å². The van der Waals surface area contributed by atoms with Crippen molar-refractivity contribution in [1.82, 2.24) is 15.3 Å². The molecule has 80 valence electrons. The fraction of sp³-hybridized carbons (Fsp3) is 0.636. The average molecular weight is 204 g/mol. The lowest BCUT2D eigenvalue weighted by Crippen LogP contribution is -2.64. The zero-order valence-electron chi connectivity index (χ0n) is 8.98. The second kappa shape index (κ2) is 3.45. The van der Waals surface area contributed by atoms with E-state index in [2.05, 4.69) is 20.2 Å². The van der Waals surface area contributed by atoms with Crippen molar-refractivity contribution in [3.8, 4) is 0 Å². The molecule has 1 aromatic heterocycles. The molecule has 2 atom stereocenters. The van der Waals surface area contributed by atoms with Crippen LogP contribution in [0.15, 0.2) is 12.4 Å². The second-order valence-electron chi connectivity index (χ2n) is 4.49. The van der Waals surface area contributed by atoms with Gasteiger partial charge in [0.1, 0.15) is 5.82 Å². The first-order chi connectivity index (χ1) is 7.34. The number of rotatable bonds is 1. The van der Waals surface area contributed by atoms with Gasteiger partial charge in [0.05, 0.1) is 18.1 Å². The Balaban J connectivity index is 1.76. The zero-order chi connectivity index (χ0) is 10.3. The summed E-state index contributed by atoms with van der Waals surface area (Å²) in [6.07, 6.45) is 5.04. The van der Waals surface area contributed by atoms with Gasteiger partial charge in [0.15, 0.2) is 0 Å². The topological polar surface area (TPSA) is 41.1 Å². The van der Waals surface area contributed by atoms with Gasteiger partial charge >= 0.3 is 0 Å².